The van der Waals surface area contributed by atoms with E-state index in [0.717, 1.165) is 38.5 Å². The van der Waals surface area contributed by atoms with Crippen LogP contribution in [0.3, 0.4) is 0 Å². The van der Waals surface area contributed by atoms with Crippen LogP contribution in [-0.4, -0.2) is 67.6 Å². The van der Waals surface area contributed by atoms with E-state index in [1.165, 1.54) is 5.56 Å². The third-order valence-electron chi connectivity index (χ3n) is 3.94. The van der Waals surface area contributed by atoms with Gasteiger partial charge in [0.15, 0.2) is 5.96 Å². The SMILES string of the molecule is CN=C(NCC1CCCO1)NCC(c1cnn(C)c1)N(C)C.I. The summed E-state index contributed by atoms with van der Waals surface area (Å²) in [5, 5.41) is 11.0. The first-order valence-electron chi connectivity index (χ1n) is 7.81. The molecule has 2 unspecified atom stereocenters. The highest BCUT2D eigenvalue weighted by Gasteiger charge is 2.18. The molecule has 23 heavy (non-hydrogen) atoms. The zero-order chi connectivity index (χ0) is 15.9. The van der Waals surface area contributed by atoms with E-state index in [1.807, 2.05) is 17.9 Å². The van der Waals surface area contributed by atoms with Crippen molar-refractivity contribution >= 4 is 29.9 Å². The highest BCUT2D eigenvalue weighted by atomic mass is 127. The van der Waals surface area contributed by atoms with Gasteiger partial charge in [0.05, 0.1) is 18.3 Å². The molecule has 132 valence electrons. The van der Waals surface area contributed by atoms with Crippen LogP contribution in [0.25, 0.3) is 0 Å². The summed E-state index contributed by atoms with van der Waals surface area (Å²) in [5.74, 6) is 0.811. The van der Waals surface area contributed by atoms with Gasteiger partial charge in [-0.1, -0.05) is 0 Å². The quantitative estimate of drug-likeness (QED) is 0.396. The van der Waals surface area contributed by atoms with Crippen molar-refractivity contribution in [2.75, 3.05) is 40.8 Å². The zero-order valence-electron chi connectivity index (χ0n) is 14.5. The maximum absolute atomic E-state index is 5.62. The van der Waals surface area contributed by atoms with Crippen molar-refractivity contribution in [3.8, 4) is 0 Å². The van der Waals surface area contributed by atoms with Crippen molar-refractivity contribution in [1.82, 2.24) is 25.3 Å². The average Bonchev–Trinajstić information content (AvgIpc) is 3.14. The van der Waals surface area contributed by atoms with Gasteiger partial charge in [0, 0.05) is 45.6 Å². The minimum absolute atomic E-state index is 0. The molecule has 0 radical (unpaired) electrons. The van der Waals surface area contributed by atoms with Crippen molar-refractivity contribution in [2.45, 2.75) is 25.0 Å². The van der Waals surface area contributed by atoms with E-state index in [-0.39, 0.29) is 30.0 Å². The van der Waals surface area contributed by atoms with Gasteiger partial charge in [-0.05, 0) is 26.9 Å². The number of aryl methyl sites for hydroxylation is 1. The van der Waals surface area contributed by atoms with Crippen molar-refractivity contribution in [3.63, 3.8) is 0 Å². The number of aliphatic imine (C=N–C) groups is 1. The molecule has 1 aliphatic rings. The van der Waals surface area contributed by atoms with Gasteiger partial charge in [-0.25, -0.2) is 0 Å². The number of nitrogens with zero attached hydrogens (tertiary/aromatic N) is 4. The van der Waals surface area contributed by atoms with Gasteiger partial charge >= 0.3 is 0 Å². The summed E-state index contributed by atoms with van der Waals surface area (Å²) in [6, 6.07) is 0.245. The van der Waals surface area contributed by atoms with Gasteiger partial charge in [0.1, 0.15) is 0 Å². The zero-order valence-corrected chi connectivity index (χ0v) is 16.8. The fourth-order valence-electron chi connectivity index (χ4n) is 2.64. The van der Waals surface area contributed by atoms with E-state index in [2.05, 4.69) is 45.9 Å². The molecule has 1 saturated heterocycles. The number of likely N-dealkylation sites (N-methyl/N-ethyl adjacent to an activating group) is 1. The van der Waals surface area contributed by atoms with Gasteiger partial charge in [-0.2, -0.15) is 5.10 Å². The first kappa shape index (κ1) is 20.2. The van der Waals surface area contributed by atoms with Crippen LogP contribution in [0.1, 0.15) is 24.4 Å². The van der Waals surface area contributed by atoms with E-state index in [0.29, 0.717) is 6.10 Å². The maximum Gasteiger partial charge on any atom is 0.191 e. The van der Waals surface area contributed by atoms with E-state index in [4.69, 9.17) is 4.74 Å². The summed E-state index contributed by atoms with van der Waals surface area (Å²) in [6.45, 7) is 2.45. The summed E-state index contributed by atoms with van der Waals surface area (Å²) < 4.78 is 7.45. The first-order chi connectivity index (χ1) is 10.6. The van der Waals surface area contributed by atoms with Crippen molar-refractivity contribution in [2.24, 2.45) is 12.0 Å². The second kappa shape index (κ2) is 10.1. The summed E-state index contributed by atoms with van der Waals surface area (Å²) in [7, 11) is 7.87. The van der Waals surface area contributed by atoms with Gasteiger partial charge in [-0.15, -0.1) is 24.0 Å². The molecule has 2 atom stereocenters. The number of hydrogen-bond donors (Lipinski definition) is 2. The first-order valence-corrected chi connectivity index (χ1v) is 7.81. The minimum atomic E-state index is 0. The summed E-state index contributed by atoms with van der Waals surface area (Å²) >= 11 is 0. The molecular weight excluding hydrogens is 407 g/mol. The Labute approximate surface area is 155 Å². The van der Waals surface area contributed by atoms with Crippen LogP contribution in [0.5, 0.6) is 0 Å². The number of aromatic nitrogens is 2. The number of guanidine groups is 1. The van der Waals surface area contributed by atoms with Crippen LogP contribution in [-0.2, 0) is 11.8 Å². The molecular formula is C15H29IN6O. The number of hydrogen-bond acceptors (Lipinski definition) is 4. The molecule has 0 aliphatic carbocycles. The standard InChI is InChI=1S/C15H28N6O.HI/c1-16-15(17-9-13-6-5-7-22-13)18-10-14(20(2)3)12-8-19-21(4)11-12;/h8,11,13-14H,5-7,9-10H2,1-4H3,(H2,16,17,18);1H. The molecule has 0 spiro atoms. The van der Waals surface area contributed by atoms with Gasteiger partial charge in [0.2, 0.25) is 0 Å². The lowest BCUT2D eigenvalue weighted by Crippen LogP contribution is -2.44. The topological polar surface area (TPSA) is 66.7 Å². The fourth-order valence-corrected chi connectivity index (χ4v) is 2.64. The second-order valence-corrected chi connectivity index (χ2v) is 5.90. The van der Waals surface area contributed by atoms with E-state index in [9.17, 15) is 0 Å². The fraction of sp³-hybridized carbons (Fsp3) is 0.733. The third kappa shape index (κ3) is 6.27. The van der Waals surface area contributed by atoms with Crippen LogP contribution in [0.4, 0.5) is 0 Å². The van der Waals surface area contributed by atoms with Crippen LogP contribution >= 0.6 is 24.0 Å². The van der Waals surface area contributed by atoms with Gasteiger partial charge < -0.3 is 20.3 Å². The molecule has 0 amide bonds. The van der Waals surface area contributed by atoms with Crippen LogP contribution in [0, 0.1) is 0 Å². The molecule has 1 aromatic rings. The number of nitrogens with one attached hydrogen (secondary N) is 2. The number of rotatable bonds is 6. The Kier molecular flexibility index (Phi) is 8.85. The van der Waals surface area contributed by atoms with Crippen LogP contribution < -0.4 is 10.6 Å². The highest BCUT2D eigenvalue weighted by Crippen LogP contribution is 2.16. The Morgan fingerprint density at radius 3 is 2.83 bits per heavy atom. The van der Waals surface area contributed by atoms with Crippen molar-refractivity contribution in [3.05, 3.63) is 18.0 Å². The molecule has 1 aromatic heterocycles. The minimum Gasteiger partial charge on any atom is -0.376 e. The number of halogens is 1. The Hall–Kier alpha value is -0.870. The Balaban J connectivity index is 0.00000264. The predicted molar refractivity (Wildman–Crippen MR) is 103 cm³/mol. The lowest BCUT2D eigenvalue weighted by Gasteiger charge is -2.25. The molecule has 0 bridgehead atoms. The van der Waals surface area contributed by atoms with Crippen molar-refractivity contribution < 1.29 is 4.74 Å². The Morgan fingerprint density at radius 2 is 2.30 bits per heavy atom. The molecule has 2 rings (SSSR count). The van der Waals surface area contributed by atoms with E-state index in [1.54, 1.807) is 7.05 Å². The molecule has 7 nitrogen and oxygen atoms in total. The normalized spacial score (nSPS) is 19.5. The third-order valence-corrected chi connectivity index (χ3v) is 3.94. The molecule has 1 aliphatic heterocycles. The lowest BCUT2D eigenvalue weighted by atomic mass is 10.1. The highest BCUT2D eigenvalue weighted by molar-refractivity contribution is 14.0. The van der Waals surface area contributed by atoms with E-state index >= 15 is 0 Å². The molecule has 0 saturated carbocycles. The van der Waals surface area contributed by atoms with E-state index < -0.39 is 0 Å². The summed E-state index contributed by atoms with van der Waals surface area (Å²) in [4.78, 5) is 6.46. The van der Waals surface area contributed by atoms with Crippen molar-refractivity contribution in [1.29, 1.82) is 0 Å². The smallest absolute Gasteiger partial charge is 0.191 e. The number of ether oxygens (including phenoxy) is 1. The molecule has 0 aromatic carbocycles. The Morgan fingerprint density at radius 1 is 1.52 bits per heavy atom. The summed E-state index contributed by atoms with van der Waals surface area (Å²) in [5.41, 5.74) is 1.19. The monoisotopic (exact) mass is 436 g/mol. The van der Waals surface area contributed by atoms with Gasteiger partial charge in [0.25, 0.3) is 0 Å². The van der Waals surface area contributed by atoms with Crippen LogP contribution in [0.2, 0.25) is 0 Å². The molecule has 8 heteroatoms. The molecule has 2 N–H and O–H groups in total. The lowest BCUT2D eigenvalue weighted by molar-refractivity contribution is 0.113. The largest absolute Gasteiger partial charge is 0.376 e. The average molecular weight is 436 g/mol. The maximum atomic E-state index is 5.62. The predicted octanol–water partition coefficient (Wildman–Crippen LogP) is 0.985. The summed E-state index contributed by atoms with van der Waals surface area (Å²) in [6.07, 6.45) is 6.55. The van der Waals surface area contributed by atoms with Crippen LogP contribution in [0.15, 0.2) is 17.4 Å². The second-order valence-electron chi connectivity index (χ2n) is 5.90. The Bertz CT molecular complexity index is 484. The molecule has 1 fully saturated rings. The molecule has 2 heterocycles. The van der Waals surface area contributed by atoms with Gasteiger partial charge in [-0.3, -0.25) is 9.67 Å².